The van der Waals surface area contributed by atoms with E-state index in [0.29, 0.717) is 43.7 Å². The number of benzene rings is 2. The Labute approximate surface area is 317 Å². The predicted octanol–water partition coefficient (Wildman–Crippen LogP) is 8.76. The Balaban J connectivity index is 0.000000211. The van der Waals surface area contributed by atoms with Gasteiger partial charge in [0.2, 0.25) is 0 Å². The van der Waals surface area contributed by atoms with Crippen LogP contribution in [0.25, 0.3) is 20.9 Å². The number of carbonyl (C=O) groups excluding carboxylic acids is 1. The van der Waals surface area contributed by atoms with Crippen LogP contribution < -0.4 is 31.2 Å². The van der Waals surface area contributed by atoms with E-state index in [2.05, 4.69) is 60.2 Å². The Morgan fingerprint density at radius 2 is 1.19 bits per heavy atom. The van der Waals surface area contributed by atoms with Gasteiger partial charge in [0.05, 0.1) is 16.3 Å². The molecule has 1 amide bonds. The van der Waals surface area contributed by atoms with E-state index in [1.165, 1.54) is 0 Å². The summed E-state index contributed by atoms with van der Waals surface area (Å²) >= 11 is 3.14. The number of ether oxygens (including phenoxy) is 3. The second-order valence-corrected chi connectivity index (χ2v) is 14.7. The quantitative estimate of drug-likeness (QED) is 0.0836. The first-order chi connectivity index (χ1) is 25.5. The zero-order valence-corrected chi connectivity index (χ0v) is 32.0. The van der Waals surface area contributed by atoms with E-state index in [1.54, 1.807) is 22.7 Å². The standard InChI is InChI=1S/C22H26N4O3S.C17H18N4OS/c1-15-12-17(28-11-10-23-21(27)29-22(2,3)4)13-19(25-15)26-20-24-14-18(30-20)16-8-6-5-7-9-16;1-12-9-14(22-8-7-18)10-16(20-12)21-17-19-11-15(23-17)13-5-3-2-4-6-13/h5-9,12-14H,10-11H2,1-4H3,(H,23,27)(H,24,25,26);2-6,9-11H,7-8,18H2,1H3,(H,19,20,21). The lowest BCUT2D eigenvalue weighted by Crippen LogP contribution is -2.34. The van der Waals surface area contributed by atoms with E-state index in [-0.39, 0.29) is 0 Å². The summed E-state index contributed by atoms with van der Waals surface area (Å²) in [5.41, 5.74) is 8.92. The Kier molecular flexibility index (Phi) is 13.7. The molecule has 14 heteroatoms. The van der Waals surface area contributed by atoms with Gasteiger partial charge in [-0.3, -0.25) is 0 Å². The maximum Gasteiger partial charge on any atom is 0.407 e. The molecule has 5 N–H and O–H groups in total. The summed E-state index contributed by atoms with van der Waals surface area (Å²) in [4.78, 5) is 31.7. The van der Waals surface area contributed by atoms with Gasteiger partial charge in [0.15, 0.2) is 10.3 Å². The summed E-state index contributed by atoms with van der Waals surface area (Å²) in [7, 11) is 0. The third-order valence-corrected chi connectivity index (χ3v) is 8.80. The van der Waals surface area contributed by atoms with Crippen molar-refractivity contribution < 1.29 is 19.0 Å². The number of amides is 1. The van der Waals surface area contributed by atoms with Crippen LogP contribution in [0.4, 0.5) is 26.7 Å². The average molecular weight is 753 g/mol. The third kappa shape index (κ3) is 12.9. The van der Waals surface area contributed by atoms with Crippen LogP contribution in [0.3, 0.4) is 0 Å². The number of carbonyl (C=O) groups is 1. The zero-order valence-electron chi connectivity index (χ0n) is 30.4. The van der Waals surface area contributed by atoms with E-state index < -0.39 is 11.7 Å². The van der Waals surface area contributed by atoms with Crippen molar-refractivity contribution in [3.63, 3.8) is 0 Å². The van der Waals surface area contributed by atoms with E-state index in [4.69, 9.17) is 19.9 Å². The molecule has 0 saturated heterocycles. The highest BCUT2D eigenvalue weighted by atomic mass is 32.1. The summed E-state index contributed by atoms with van der Waals surface area (Å²) in [6, 6.07) is 27.7. The number of thiazole rings is 2. The molecule has 4 aromatic heterocycles. The largest absolute Gasteiger partial charge is 0.492 e. The highest BCUT2D eigenvalue weighted by Crippen LogP contribution is 2.32. The van der Waals surface area contributed by atoms with Gasteiger partial charge in [-0.05, 0) is 45.7 Å². The van der Waals surface area contributed by atoms with Crippen LogP contribution in [-0.4, -0.2) is 57.9 Å². The molecule has 0 radical (unpaired) electrons. The fraction of sp³-hybridized carbons (Fsp3) is 0.256. The lowest BCUT2D eigenvalue weighted by Gasteiger charge is -2.19. The molecule has 0 atom stereocenters. The summed E-state index contributed by atoms with van der Waals surface area (Å²) in [5, 5.41) is 10.7. The molecule has 53 heavy (non-hydrogen) atoms. The number of nitrogens with zero attached hydrogens (tertiary/aromatic N) is 4. The minimum atomic E-state index is -0.524. The van der Waals surface area contributed by atoms with Gasteiger partial charge in [0.25, 0.3) is 0 Å². The molecular formula is C39H44N8O4S2. The van der Waals surface area contributed by atoms with E-state index >= 15 is 0 Å². The molecule has 0 unspecified atom stereocenters. The van der Waals surface area contributed by atoms with Crippen molar-refractivity contribution in [2.75, 3.05) is 36.9 Å². The van der Waals surface area contributed by atoms with Gasteiger partial charge >= 0.3 is 6.09 Å². The third-order valence-electron chi connectivity index (χ3n) is 6.88. The number of rotatable bonds is 13. The van der Waals surface area contributed by atoms with Crippen molar-refractivity contribution in [1.82, 2.24) is 25.3 Å². The lowest BCUT2D eigenvalue weighted by atomic mass is 10.2. The molecule has 0 aliphatic carbocycles. The number of pyridine rings is 2. The molecule has 276 valence electrons. The number of hydrogen-bond donors (Lipinski definition) is 4. The van der Waals surface area contributed by atoms with E-state index in [0.717, 1.165) is 48.3 Å². The Morgan fingerprint density at radius 1 is 0.717 bits per heavy atom. The second kappa shape index (κ2) is 18.8. The van der Waals surface area contributed by atoms with Gasteiger partial charge < -0.3 is 35.9 Å². The van der Waals surface area contributed by atoms with Crippen LogP contribution >= 0.6 is 22.7 Å². The number of hydrogen-bond acceptors (Lipinski definition) is 13. The van der Waals surface area contributed by atoms with Crippen molar-refractivity contribution in [3.8, 4) is 32.4 Å². The molecule has 0 aliphatic rings. The Hall–Kier alpha value is -5.57. The van der Waals surface area contributed by atoms with Crippen LogP contribution in [0, 0.1) is 13.8 Å². The predicted molar refractivity (Wildman–Crippen MR) is 214 cm³/mol. The highest BCUT2D eigenvalue weighted by molar-refractivity contribution is 7.19. The van der Waals surface area contributed by atoms with Crippen molar-refractivity contribution in [2.24, 2.45) is 5.73 Å². The van der Waals surface area contributed by atoms with Crippen LogP contribution in [0.1, 0.15) is 32.2 Å². The highest BCUT2D eigenvalue weighted by Gasteiger charge is 2.15. The topological polar surface area (TPSA) is 158 Å². The van der Waals surface area contributed by atoms with Crippen LogP contribution in [0.5, 0.6) is 11.5 Å². The monoisotopic (exact) mass is 752 g/mol. The van der Waals surface area contributed by atoms with Crippen LogP contribution in [0.2, 0.25) is 0 Å². The molecule has 6 aromatic rings. The van der Waals surface area contributed by atoms with Gasteiger partial charge in [-0.2, -0.15) is 0 Å². The lowest BCUT2D eigenvalue weighted by molar-refractivity contribution is 0.0520. The van der Waals surface area contributed by atoms with Crippen molar-refractivity contribution in [3.05, 3.63) is 109 Å². The Morgan fingerprint density at radius 3 is 1.64 bits per heavy atom. The molecule has 2 aromatic carbocycles. The van der Waals surface area contributed by atoms with Gasteiger partial charge in [0, 0.05) is 54.6 Å². The molecule has 0 spiro atoms. The fourth-order valence-electron chi connectivity index (χ4n) is 4.74. The van der Waals surface area contributed by atoms with Crippen molar-refractivity contribution >= 4 is 50.7 Å². The normalized spacial score (nSPS) is 10.8. The van der Waals surface area contributed by atoms with E-state index in [1.807, 2.05) is 108 Å². The van der Waals surface area contributed by atoms with Crippen molar-refractivity contribution in [1.29, 1.82) is 0 Å². The van der Waals surface area contributed by atoms with Gasteiger partial charge in [-0.1, -0.05) is 83.3 Å². The first-order valence-electron chi connectivity index (χ1n) is 17.0. The van der Waals surface area contributed by atoms with Crippen molar-refractivity contribution in [2.45, 2.75) is 40.2 Å². The molecule has 6 rings (SSSR count). The van der Waals surface area contributed by atoms with Gasteiger partial charge in [0.1, 0.15) is 41.9 Å². The molecule has 0 fully saturated rings. The molecular weight excluding hydrogens is 709 g/mol. The summed E-state index contributed by atoms with van der Waals surface area (Å²) in [6.45, 7) is 10.9. The summed E-state index contributed by atoms with van der Waals surface area (Å²) < 4.78 is 16.5. The number of anilines is 4. The Bertz CT molecular complexity index is 2050. The summed E-state index contributed by atoms with van der Waals surface area (Å²) in [5.74, 6) is 2.78. The average Bonchev–Trinajstić information content (AvgIpc) is 3.79. The minimum Gasteiger partial charge on any atom is -0.492 e. The van der Waals surface area contributed by atoms with Gasteiger partial charge in [-0.25, -0.2) is 24.7 Å². The second-order valence-electron chi connectivity index (χ2n) is 12.6. The number of nitrogens with one attached hydrogen (secondary N) is 3. The van der Waals surface area contributed by atoms with Gasteiger partial charge in [-0.15, -0.1) is 0 Å². The number of aryl methyl sites for hydroxylation is 2. The smallest absolute Gasteiger partial charge is 0.407 e. The maximum atomic E-state index is 11.7. The van der Waals surface area contributed by atoms with E-state index in [9.17, 15) is 4.79 Å². The molecule has 0 bridgehead atoms. The number of aromatic nitrogens is 4. The first-order valence-corrected chi connectivity index (χ1v) is 18.6. The maximum absolute atomic E-state index is 11.7. The minimum absolute atomic E-state index is 0.317. The summed E-state index contributed by atoms with van der Waals surface area (Å²) in [6.07, 6.45) is 3.25. The SMILES string of the molecule is Cc1cc(OCCN)cc(Nc2ncc(-c3ccccc3)s2)n1.Cc1cc(OCCNC(=O)OC(C)(C)C)cc(Nc2ncc(-c3ccccc3)s2)n1. The molecule has 12 nitrogen and oxygen atoms in total. The molecule has 4 heterocycles. The first kappa shape index (κ1) is 38.7. The zero-order chi connectivity index (χ0) is 37.6. The van der Waals surface area contributed by atoms with Crippen LogP contribution in [-0.2, 0) is 4.74 Å². The fourth-order valence-corrected chi connectivity index (χ4v) is 6.39. The van der Waals surface area contributed by atoms with Crippen LogP contribution in [0.15, 0.2) is 97.3 Å². The number of alkyl carbamates (subject to hydrolysis) is 1. The molecule has 0 saturated carbocycles. The number of nitrogens with two attached hydrogens (primary N) is 1. The molecule has 0 aliphatic heterocycles.